The van der Waals surface area contributed by atoms with E-state index in [1.54, 1.807) is 0 Å². The van der Waals surface area contributed by atoms with Crippen LogP contribution in [-0.2, 0) is 11.3 Å². The number of carbonyl (C=O) groups is 1. The number of nitrogens with one attached hydrogen (secondary N) is 1. The third-order valence-corrected chi connectivity index (χ3v) is 1.72. The minimum Gasteiger partial charge on any atom is -0.311 e. The predicted octanol–water partition coefficient (Wildman–Crippen LogP) is 1.56. The lowest BCUT2D eigenvalue weighted by atomic mass is 10.3. The molecule has 0 radical (unpaired) electrons. The van der Waals surface area contributed by atoms with Crippen molar-refractivity contribution < 1.29 is 4.79 Å². The summed E-state index contributed by atoms with van der Waals surface area (Å²) in [7, 11) is 0. The van der Waals surface area contributed by atoms with Gasteiger partial charge in [0.15, 0.2) is 0 Å². The summed E-state index contributed by atoms with van der Waals surface area (Å²) in [6.45, 7) is 6.62. The summed E-state index contributed by atoms with van der Waals surface area (Å²) in [5, 5.41) is 6.93. The molecule has 1 aliphatic rings. The Morgan fingerprint density at radius 3 is 2.92 bits per heavy atom. The van der Waals surface area contributed by atoms with Gasteiger partial charge in [-0.05, 0) is 6.92 Å². The first kappa shape index (κ1) is 9.77. The summed E-state index contributed by atoms with van der Waals surface area (Å²) in [5.74, 6) is 0.899. The number of rotatable bonds is 0. The third-order valence-electron chi connectivity index (χ3n) is 1.72. The van der Waals surface area contributed by atoms with Crippen LogP contribution in [0.25, 0.3) is 0 Å². The highest BCUT2D eigenvalue weighted by molar-refractivity contribution is 5.91. The lowest BCUT2D eigenvalue weighted by Crippen LogP contribution is -2.23. The van der Waals surface area contributed by atoms with Gasteiger partial charge in [0, 0.05) is 12.5 Å². The van der Waals surface area contributed by atoms with E-state index in [1.165, 1.54) is 0 Å². The molecule has 4 nitrogen and oxygen atoms in total. The second-order valence-corrected chi connectivity index (χ2v) is 2.69. The van der Waals surface area contributed by atoms with Gasteiger partial charge in [0.05, 0.1) is 12.2 Å². The van der Waals surface area contributed by atoms with Gasteiger partial charge in [0.1, 0.15) is 5.82 Å². The van der Waals surface area contributed by atoms with Crippen LogP contribution in [0.2, 0.25) is 0 Å². The summed E-state index contributed by atoms with van der Waals surface area (Å²) in [6, 6.07) is 1.87. The van der Waals surface area contributed by atoms with Crippen molar-refractivity contribution in [3.05, 3.63) is 11.8 Å². The Kier molecular flexibility index (Phi) is 3.06. The van der Waals surface area contributed by atoms with Crippen molar-refractivity contribution in [1.29, 1.82) is 0 Å². The first-order chi connectivity index (χ1) is 6.25. The molecule has 1 amide bonds. The Labute approximate surface area is 77.9 Å². The monoisotopic (exact) mass is 181 g/mol. The zero-order valence-electron chi connectivity index (χ0n) is 8.29. The zero-order valence-corrected chi connectivity index (χ0v) is 8.29. The average molecular weight is 181 g/mol. The first-order valence-electron chi connectivity index (χ1n) is 4.60. The molecule has 0 aliphatic carbocycles. The number of anilines is 1. The third kappa shape index (κ3) is 2.08. The van der Waals surface area contributed by atoms with Crippen molar-refractivity contribution in [1.82, 2.24) is 9.78 Å². The summed E-state index contributed by atoms with van der Waals surface area (Å²) in [5.41, 5.74) is 0.946. The van der Waals surface area contributed by atoms with E-state index in [9.17, 15) is 4.79 Å². The van der Waals surface area contributed by atoms with Crippen LogP contribution in [0.5, 0.6) is 0 Å². The topological polar surface area (TPSA) is 46.9 Å². The van der Waals surface area contributed by atoms with Crippen LogP contribution in [0.3, 0.4) is 0 Å². The summed E-state index contributed by atoms with van der Waals surface area (Å²) < 4.78 is 1.82. The maximum Gasteiger partial charge on any atom is 0.227 e. The van der Waals surface area contributed by atoms with Gasteiger partial charge in [0.25, 0.3) is 0 Å². The van der Waals surface area contributed by atoms with E-state index in [0.29, 0.717) is 13.0 Å². The summed E-state index contributed by atoms with van der Waals surface area (Å²) in [6.07, 6.45) is 0.536. The second kappa shape index (κ2) is 4.07. The summed E-state index contributed by atoms with van der Waals surface area (Å²) in [4.78, 5) is 10.9. The highest BCUT2D eigenvalue weighted by Gasteiger charge is 2.14. The number of aryl methyl sites for hydroxylation is 2. The van der Waals surface area contributed by atoms with E-state index >= 15 is 0 Å². The van der Waals surface area contributed by atoms with Crippen molar-refractivity contribution in [2.45, 2.75) is 33.7 Å². The fourth-order valence-electron chi connectivity index (χ4n) is 1.23. The van der Waals surface area contributed by atoms with Crippen LogP contribution in [0, 0.1) is 6.92 Å². The predicted molar refractivity (Wildman–Crippen MR) is 51.6 cm³/mol. The molecule has 1 aromatic heterocycles. The molecule has 2 rings (SSSR count). The van der Waals surface area contributed by atoms with E-state index in [4.69, 9.17) is 0 Å². The van der Waals surface area contributed by atoms with Crippen molar-refractivity contribution in [3.63, 3.8) is 0 Å². The molecular formula is C9H15N3O. The summed E-state index contributed by atoms with van der Waals surface area (Å²) >= 11 is 0. The number of nitrogens with zero attached hydrogens (tertiary/aromatic N) is 2. The molecule has 0 aromatic carbocycles. The van der Waals surface area contributed by atoms with Crippen LogP contribution >= 0.6 is 0 Å². The molecule has 0 unspecified atom stereocenters. The smallest absolute Gasteiger partial charge is 0.227 e. The van der Waals surface area contributed by atoms with Gasteiger partial charge < -0.3 is 5.32 Å². The van der Waals surface area contributed by atoms with Gasteiger partial charge in [0.2, 0.25) is 5.91 Å². The van der Waals surface area contributed by atoms with Gasteiger partial charge in [-0.3, -0.25) is 4.79 Å². The molecule has 13 heavy (non-hydrogen) atoms. The Hall–Kier alpha value is -1.32. The van der Waals surface area contributed by atoms with Crippen molar-refractivity contribution in [2.24, 2.45) is 0 Å². The van der Waals surface area contributed by atoms with Gasteiger partial charge in [-0.1, -0.05) is 13.8 Å². The molecule has 72 valence electrons. The van der Waals surface area contributed by atoms with E-state index < -0.39 is 0 Å². The zero-order chi connectivity index (χ0) is 9.84. The first-order valence-corrected chi connectivity index (χ1v) is 4.60. The van der Waals surface area contributed by atoms with Crippen LogP contribution in [0.4, 0.5) is 5.82 Å². The normalized spacial score (nSPS) is 13.9. The number of carbonyl (C=O) groups excluding carboxylic acids is 1. The van der Waals surface area contributed by atoms with Gasteiger partial charge in [-0.25, -0.2) is 4.68 Å². The molecule has 0 fully saturated rings. The molecule has 1 N–H and O–H groups in total. The lowest BCUT2D eigenvalue weighted by molar-refractivity contribution is -0.116. The standard InChI is InChI=1S/C7H9N3O.C2H6/c1-5-4-6-8-7(11)2-3-10(6)9-5;1-2/h4H,2-3H2,1H3,(H,8,11);1-2H3. The van der Waals surface area contributed by atoms with Gasteiger partial charge in [-0.15, -0.1) is 0 Å². The molecule has 1 aliphatic heterocycles. The molecular weight excluding hydrogens is 166 g/mol. The van der Waals surface area contributed by atoms with Crippen LogP contribution in [0.1, 0.15) is 26.0 Å². The Bertz CT molecular complexity index is 304. The minimum absolute atomic E-state index is 0.0809. The molecule has 0 spiro atoms. The quantitative estimate of drug-likeness (QED) is 0.660. The lowest BCUT2D eigenvalue weighted by Gasteiger charge is -2.13. The number of hydrogen-bond acceptors (Lipinski definition) is 2. The van der Waals surface area contributed by atoms with Crippen molar-refractivity contribution >= 4 is 11.7 Å². The number of fused-ring (bicyclic) bond motifs is 1. The molecule has 0 saturated heterocycles. The van der Waals surface area contributed by atoms with Crippen molar-refractivity contribution in [2.75, 3.05) is 5.32 Å². The maximum absolute atomic E-state index is 10.9. The van der Waals surface area contributed by atoms with E-state index in [0.717, 1.165) is 11.5 Å². The highest BCUT2D eigenvalue weighted by Crippen LogP contribution is 2.14. The molecule has 0 atom stereocenters. The molecule has 0 saturated carbocycles. The van der Waals surface area contributed by atoms with Gasteiger partial charge >= 0.3 is 0 Å². The van der Waals surface area contributed by atoms with Crippen molar-refractivity contribution in [3.8, 4) is 0 Å². The number of hydrogen-bond donors (Lipinski definition) is 1. The van der Waals surface area contributed by atoms with E-state index in [-0.39, 0.29) is 5.91 Å². The van der Waals surface area contributed by atoms with Crippen LogP contribution in [0.15, 0.2) is 6.07 Å². The second-order valence-electron chi connectivity index (χ2n) is 2.69. The fraction of sp³-hybridized carbons (Fsp3) is 0.556. The Balaban J connectivity index is 0.000000396. The van der Waals surface area contributed by atoms with E-state index in [1.807, 2.05) is 31.5 Å². The average Bonchev–Trinajstić information content (AvgIpc) is 2.48. The highest BCUT2D eigenvalue weighted by atomic mass is 16.1. The maximum atomic E-state index is 10.9. The number of aromatic nitrogens is 2. The van der Waals surface area contributed by atoms with Crippen LogP contribution < -0.4 is 5.32 Å². The SMILES string of the molecule is CC.Cc1cc2n(n1)CCC(=O)N2. The molecule has 4 heteroatoms. The largest absolute Gasteiger partial charge is 0.311 e. The Morgan fingerprint density at radius 1 is 1.54 bits per heavy atom. The molecule has 2 heterocycles. The number of amides is 1. The molecule has 0 bridgehead atoms. The fourth-order valence-corrected chi connectivity index (χ4v) is 1.23. The molecule has 1 aromatic rings. The van der Waals surface area contributed by atoms with Gasteiger partial charge in [-0.2, -0.15) is 5.10 Å². The van der Waals surface area contributed by atoms with Crippen LogP contribution in [-0.4, -0.2) is 15.7 Å². The minimum atomic E-state index is 0.0809. The Morgan fingerprint density at radius 2 is 2.23 bits per heavy atom. The van der Waals surface area contributed by atoms with E-state index in [2.05, 4.69) is 10.4 Å².